The van der Waals surface area contributed by atoms with Gasteiger partial charge < -0.3 is 0 Å². The van der Waals surface area contributed by atoms with E-state index in [1.807, 2.05) is 29.5 Å². The second-order valence-electron chi connectivity index (χ2n) is 14.4. The molecule has 0 fully saturated rings. The van der Waals surface area contributed by atoms with Crippen molar-refractivity contribution in [3.63, 3.8) is 0 Å². The van der Waals surface area contributed by atoms with Gasteiger partial charge in [-0.3, -0.25) is 4.57 Å². The highest BCUT2D eigenvalue weighted by Gasteiger charge is 2.23. The molecule has 0 bridgehead atoms. The van der Waals surface area contributed by atoms with E-state index in [4.69, 9.17) is 15.0 Å². The number of para-hydroxylation sites is 1. The predicted molar refractivity (Wildman–Crippen MR) is 236 cm³/mol. The highest BCUT2D eigenvalue weighted by molar-refractivity contribution is 7.26. The Balaban J connectivity index is 1.21. The van der Waals surface area contributed by atoms with Crippen molar-refractivity contribution in [1.29, 1.82) is 0 Å². The SMILES string of the molecule is c1ccc(-c2nc(-c3ccc4ccccc4c3)nc(-n3c4ccc5ccccc5c4c4cccc(-c5cccc6c5sc5ccc7ccccc7c56)c43)n2)cc1. The number of nitrogens with zero attached hydrogens (tertiary/aromatic N) is 4. The summed E-state index contributed by atoms with van der Waals surface area (Å²) in [5.41, 5.74) is 6.33. The number of fused-ring (bicyclic) bond motifs is 11. The minimum absolute atomic E-state index is 0.583. The lowest BCUT2D eigenvalue weighted by atomic mass is 9.97. The van der Waals surface area contributed by atoms with Gasteiger partial charge in [-0.05, 0) is 50.5 Å². The first-order valence-corrected chi connectivity index (χ1v) is 19.7. The van der Waals surface area contributed by atoms with Gasteiger partial charge in [0.1, 0.15) is 0 Å². The summed E-state index contributed by atoms with van der Waals surface area (Å²) in [6, 6.07) is 64.9. The van der Waals surface area contributed by atoms with E-state index in [9.17, 15) is 0 Å². The maximum atomic E-state index is 5.37. The number of thiophene rings is 1. The van der Waals surface area contributed by atoms with Crippen LogP contribution in [0, 0.1) is 0 Å². The summed E-state index contributed by atoms with van der Waals surface area (Å²) in [7, 11) is 0. The van der Waals surface area contributed by atoms with E-state index in [1.165, 1.54) is 58.1 Å². The van der Waals surface area contributed by atoms with Gasteiger partial charge in [-0.25, -0.2) is 4.98 Å². The summed E-state index contributed by atoms with van der Waals surface area (Å²) in [5, 5.41) is 12.2. The normalized spacial score (nSPS) is 11.9. The Morgan fingerprint density at radius 1 is 0.393 bits per heavy atom. The summed E-state index contributed by atoms with van der Waals surface area (Å²) in [6.45, 7) is 0. The fourth-order valence-electron chi connectivity index (χ4n) is 8.68. The zero-order valence-corrected chi connectivity index (χ0v) is 30.8. The lowest BCUT2D eigenvalue weighted by molar-refractivity contribution is 0.954. The quantitative estimate of drug-likeness (QED) is 0.181. The van der Waals surface area contributed by atoms with Gasteiger partial charge in [0.15, 0.2) is 11.6 Å². The largest absolute Gasteiger partial charge is 0.277 e. The van der Waals surface area contributed by atoms with Crippen LogP contribution in [-0.4, -0.2) is 19.5 Å². The smallest absolute Gasteiger partial charge is 0.238 e. The standard InChI is InChI=1S/C51H30N4S/c1-2-15-34(16-3-1)49-52-50(36-25-24-31-12-4-5-17-35(31)30-36)54-51(53-49)55-43-28-26-32-13-6-8-18-37(32)45(43)41-22-10-20-39(47(41)55)40-21-11-23-42-46-38-19-9-7-14-33(38)27-29-44(46)56-48(40)42/h1-30H. The molecule has 0 saturated heterocycles. The van der Waals surface area contributed by atoms with E-state index in [0.29, 0.717) is 17.6 Å². The Morgan fingerprint density at radius 3 is 1.80 bits per heavy atom. The minimum atomic E-state index is 0.583. The van der Waals surface area contributed by atoms with Crippen molar-refractivity contribution < 1.29 is 0 Å². The summed E-state index contributed by atoms with van der Waals surface area (Å²) < 4.78 is 4.84. The average Bonchev–Trinajstić information content (AvgIpc) is 3.83. The van der Waals surface area contributed by atoms with Crippen LogP contribution in [-0.2, 0) is 0 Å². The molecule has 0 N–H and O–H groups in total. The van der Waals surface area contributed by atoms with Crippen LogP contribution in [0.4, 0.5) is 0 Å². The zero-order valence-electron chi connectivity index (χ0n) is 30.0. The molecule has 3 heterocycles. The molecular weight excluding hydrogens is 701 g/mol. The fourth-order valence-corrected chi connectivity index (χ4v) is 9.93. The second-order valence-corrected chi connectivity index (χ2v) is 15.4. The molecule has 12 aromatic rings. The molecule has 12 rings (SSSR count). The summed E-state index contributed by atoms with van der Waals surface area (Å²) in [5.74, 6) is 1.84. The lowest BCUT2D eigenvalue weighted by Crippen LogP contribution is -2.07. The van der Waals surface area contributed by atoms with Crippen molar-refractivity contribution in [3.8, 4) is 39.9 Å². The van der Waals surface area contributed by atoms with Crippen molar-refractivity contribution >= 4 is 85.6 Å². The first-order chi connectivity index (χ1) is 27.8. The van der Waals surface area contributed by atoms with Crippen molar-refractivity contribution in [2.24, 2.45) is 0 Å². The topological polar surface area (TPSA) is 43.6 Å². The second kappa shape index (κ2) is 12.2. The molecule has 0 spiro atoms. The number of hydrogen-bond donors (Lipinski definition) is 0. The maximum absolute atomic E-state index is 5.37. The van der Waals surface area contributed by atoms with Crippen LogP contribution in [0.1, 0.15) is 0 Å². The molecule has 0 unspecified atom stereocenters. The van der Waals surface area contributed by atoms with E-state index >= 15 is 0 Å². The molecule has 0 aliphatic heterocycles. The van der Waals surface area contributed by atoms with Gasteiger partial charge in [0.2, 0.25) is 5.95 Å². The third-order valence-electron chi connectivity index (χ3n) is 11.2. The number of aromatic nitrogens is 4. The van der Waals surface area contributed by atoms with Crippen molar-refractivity contribution in [2.45, 2.75) is 0 Å². The van der Waals surface area contributed by atoms with Crippen LogP contribution >= 0.6 is 11.3 Å². The molecule has 9 aromatic carbocycles. The highest BCUT2D eigenvalue weighted by atomic mass is 32.1. The third kappa shape index (κ3) is 4.68. The van der Waals surface area contributed by atoms with Gasteiger partial charge in [-0.1, -0.05) is 164 Å². The van der Waals surface area contributed by atoms with E-state index in [1.54, 1.807) is 0 Å². The Bertz CT molecular complexity index is 3540. The van der Waals surface area contributed by atoms with Crippen LogP contribution in [0.2, 0.25) is 0 Å². The number of hydrogen-bond acceptors (Lipinski definition) is 4. The van der Waals surface area contributed by atoms with Crippen LogP contribution in [0.3, 0.4) is 0 Å². The van der Waals surface area contributed by atoms with E-state index < -0.39 is 0 Å². The van der Waals surface area contributed by atoms with Gasteiger partial charge in [0.05, 0.1) is 11.0 Å². The monoisotopic (exact) mass is 730 g/mol. The van der Waals surface area contributed by atoms with Crippen LogP contribution in [0.15, 0.2) is 182 Å². The fraction of sp³-hybridized carbons (Fsp3) is 0. The van der Waals surface area contributed by atoms with Crippen molar-refractivity contribution in [2.75, 3.05) is 0 Å². The molecule has 56 heavy (non-hydrogen) atoms. The third-order valence-corrected chi connectivity index (χ3v) is 12.4. The van der Waals surface area contributed by atoms with E-state index in [-0.39, 0.29) is 0 Å². The molecule has 0 saturated carbocycles. The highest BCUT2D eigenvalue weighted by Crippen LogP contribution is 2.46. The summed E-state index contributed by atoms with van der Waals surface area (Å²) in [4.78, 5) is 15.8. The number of benzene rings is 9. The van der Waals surface area contributed by atoms with Gasteiger partial charge in [-0.2, -0.15) is 9.97 Å². The van der Waals surface area contributed by atoms with Gasteiger partial charge in [-0.15, -0.1) is 11.3 Å². The molecule has 0 aliphatic carbocycles. The van der Waals surface area contributed by atoms with Crippen LogP contribution < -0.4 is 0 Å². The average molecular weight is 731 g/mol. The molecule has 5 heteroatoms. The Morgan fingerprint density at radius 2 is 1.00 bits per heavy atom. The van der Waals surface area contributed by atoms with Crippen LogP contribution in [0.5, 0.6) is 0 Å². The molecule has 260 valence electrons. The van der Waals surface area contributed by atoms with E-state index in [0.717, 1.165) is 38.5 Å². The van der Waals surface area contributed by atoms with Crippen molar-refractivity contribution in [1.82, 2.24) is 19.5 Å². The zero-order chi connectivity index (χ0) is 36.7. The van der Waals surface area contributed by atoms with Gasteiger partial charge in [0.25, 0.3) is 0 Å². The molecule has 4 nitrogen and oxygen atoms in total. The minimum Gasteiger partial charge on any atom is -0.277 e. The lowest BCUT2D eigenvalue weighted by Gasteiger charge is -2.13. The first-order valence-electron chi connectivity index (χ1n) is 18.9. The Kier molecular flexibility index (Phi) is 6.76. The van der Waals surface area contributed by atoms with E-state index in [2.05, 4.69) is 168 Å². The molecular formula is C51H30N4S. The first kappa shape index (κ1) is 31.2. The van der Waals surface area contributed by atoms with Crippen LogP contribution in [0.25, 0.3) is 114 Å². The molecule has 0 atom stereocenters. The summed E-state index contributed by atoms with van der Waals surface area (Å²) >= 11 is 1.87. The van der Waals surface area contributed by atoms with Gasteiger partial charge in [0, 0.05) is 53.2 Å². The molecule has 0 amide bonds. The molecule has 3 aromatic heterocycles. The Labute approximate surface area is 325 Å². The van der Waals surface area contributed by atoms with Gasteiger partial charge >= 0.3 is 0 Å². The molecule has 0 radical (unpaired) electrons. The Hall–Kier alpha value is -7.21. The molecule has 0 aliphatic rings. The maximum Gasteiger partial charge on any atom is 0.238 e. The predicted octanol–water partition coefficient (Wildman–Crippen LogP) is 13.8. The summed E-state index contributed by atoms with van der Waals surface area (Å²) in [6.07, 6.45) is 0. The number of rotatable bonds is 4. The van der Waals surface area contributed by atoms with Crippen molar-refractivity contribution in [3.05, 3.63) is 182 Å².